The maximum Gasteiger partial charge on any atom is 0.143 e. The van der Waals surface area contributed by atoms with Crippen molar-refractivity contribution < 1.29 is 4.42 Å². The minimum Gasteiger partial charge on any atom is -0.455 e. The third-order valence-corrected chi connectivity index (χ3v) is 11.5. The molecule has 0 unspecified atom stereocenters. The summed E-state index contributed by atoms with van der Waals surface area (Å²) in [4.78, 5) is 2.38. The van der Waals surface area contributed by atoms with Gasteiger partial charge in [-0.15, -0.1) is 0 Å². The number of nitrogens with zero attached hydrogens (tertiary/aromatic N) is 1. The van der Waals surface area contributed by atoms with Crippen molar-refractivity contribution in [3.63, 3.8) is 0 Å². The van der Waals surface area contributed by atoms with E-state index in [1.165, 1.54) is 54.9 Å². The van der Waals surface area contributed by atoms with Crippen LogP contribution < -0.4 is 4.90 Å². The topological polar surface area (TPSA) is 16.4 Å². The van der Waals surface area contributed by atoms with E-state index in [0.717, 1.165) is 50.1 Å². The number of hydrogen-bond acceptors (Lipinski definition) is 2. The zero-order chi connectivity index (χ0) is 38.4. The van der Waals surface area contributed by atoms with E-state index in [0.29, 0.717) is 0 Å². The second kappa shape index (κ2) is 14.1. The average Bonchev–Trinajstić information content (AvgIpc) is 3.69. The first-order valence-corrected chi connectivity index (χ1v) is 19.8. The highest BCUT2D eigenvalue weighted by Gasteiger charge is 2.21. The Bertz CT molecular complexity index is 3240. The molecule has 0 aliphatic carbocycles. The van der Waals surface area contributed by atoms with Crippen LogP contribution in [-0.2, 0) is 0 Å². The first kappa shape index (κ1) is 33.6. The van der Waals surface area contributed by atoms with Gasteiger partial charge >= 0.3 is 0 Å². The molecule has 0 amide bonds. The van der Waals surface area contributed by atoms with E-state index in [2.05, 4.69) is 217 Å². The molecular formula is C56H37NO. The van der Waals surface area contributed by atoms with Crippen LogP contribution in [0.2, 0.25) is 0 Å². The van der Waals surface area contributed by atoms with Gasteiger partial charge in [-0.3, -0.25) is 0 Å². The van der Waals surface area contributed by atoms with Crippen molar-refractivity contribution in [2.45, 2.75) is 0 Å². The first-order chi connectivity index (χ1) is 28.8. The van der Waals surface area contributed by atoms with E-state index < -0.39 is 0 Å². The summed E-state index contributed by atoms with van der Waals surface area (Å²) >= 11 is 0. The molecular weight excluding hydrogens is 703 g/mol. The predicted molar refractivity (Wildman–Crippen MR) is 245 cm³/mol. The largest absolute Gasteiger partial charge is 0.455 e. The van der Waals surface area contributed by atoms with Crippen LogP contribution in [0.3, 0.4) is 0 Å². The molecule has 0 radical (unpaired) electrons. The van der Waals surface area contributed by atoms with Gasteiger partial charge in [0.05, 0.1) is 0 Å². The highest BCUT2D eigenvalue weighted by atomic mass is 16.3. The summed E-state index contributed by atoms with van der Waals surface area (Å²) in [5.41, 5.74) is 14.5. The Labute approximate surface area is 337 Å². The lowest BCUT2D eigenvalue weighted by Gasteiger charge is -2.27. The van der Waals surface area contributed by atoms with Crippen molar-refractivity contribution in [3.8, 4) is 44.5 Å². The zero-order valence-electron chi connectivity index (χ0n) is 31.7. The number of anilines is 3. The van der Waals surface area contributed by atoms with Gasteiger partial charge in [0, 0.05) is 33.4 Å². The third kappa shape index (κ3) is 5.74. The van der Waals surface area contributed by atoms with E-state index in [4.69, 9.17) is 4.42 Å². The van der Waals surface area contributed by atoms with Crippen molar-refractivity contribution in [1.29, 1.82) is 0 Å². The normalized spacial score (nSPS) is 11.4. The van der Waals surface area contributed by atoms with E-state index in [9.17, 15) is 0 Å². The summed E-state index contributed by atoms with van der Waals surface area (Å²) in [6.45, 7) is 0. The average molecular weight is 740 g/mol. The second-order valence-corrected chi connectivity index (χ2v) is 14.8. The van der Waals surface area contributed by atoms with Gasteiger partial charge in [0.15, 0.2) is 0 Å². The molecule has 10 aromatic carbocycles. The monoisotopic (exact) mass is 739 g/mol. The van der Waals surface area contributed by atoms with Gasteiger partial charge in [0.2, 0.25) is 0 Å². The molecule has 272 valence electrons. The SMILES string of the molecule is c1ccc(-c2ccc(N(c3ccc(-c4cccc5c4oc4ccccc45)cc3)c3ccc4c(c3)c(-c3ccccc3)c(-c3ccccc3)c3ccccc34)cc2)cc1. The number of fused-ring (bicyclic) bond motifs is 6. The summed E-state index contributed by atoms with van der Waals surface area (Å²) in [7, 11) is 0. The Morgan fingerprint density at radius 3 is 1.40 bits per heavy atom. The van der Waals surface area contributed by atoms with Gasteiger partial charge in [0.1, 0.15) is 11.2 Å². The lowest BCUT2D eigenvalue weighted by Crippen LogP contribution is -2.10. The minimum absolute atomic E-state index is 0.904. The van der Waals surface area contributed by atoms with Gasteiger partial charge in [-0.05, 0) is 103 Å². The fraction of sp³-hybridized carbons (Fsp3) is 0. The molecule has 1 aromatic heterocycles. The van der Waals surface area contributed by atoms with Crippen LogP contribution in [0.4, 0.5) is 17.1 Å². The molecule has 0 N–H and O–H groups in total. The fourth-order valence-corrected chi connectivity index (χ4v) is 8.77. The van der Waals surface area contributed by atoms with Crippen molar-refractivity contribution in [1.82, 2.24) is 0 Å². The van der Waals surface area contributed by atoms with Crippen LogP contribution >= 0.6 is 0 Å². The Kier molecular flexibility index (Phi) is 8.19. The molecule has 2 heteroatoms. The zero-order valence-corrected chi connectivity index (χ0v) is 31.7. The lowest BCUT2D eigenvalue weighted by atomic mass is 9.85. The lowest BCUT2D eigenvalue weighted by molar-refractivity contribution is 0.670. The van der Waals surface area contributed by atoms with Crippen molar-refractivity contribution >= 4 is 60.5 Å². The summed E-state index contributed by atoms with van der Waals surface area (Å²) in [5, 5.41) is 7.19. The summed E-state index contributed by atoms with van der Waals surface area (Å²) in [6.07, 6.45) is 0. The van der Waals surface area contributed by atoms with Crippen molar-refractivity contribution in [2.75, 3.05) is 4.90 Å². The minimum atomic E-state index is 0.904. The highest BCUT2D eigenvalue weighted by Crippen LogP contribution is 2.47. The third-order valence-electron chi connectivity index (χ3n) is 11.5. The Morgan fingerprint density at radius 1 is 0.276 bits per heavy atom. The van der Waals surface area contributed by atoms with Crippen LogP contribution in [0.15, 0.2) is 229 Å². The fourth-order valence-electron chi connectivity index (χ4n) is 8.77. The highest BCUT2D eigenvalue weighted by molar-refractivity contribution is 6.22. The van der Waals surface area contributed by atoms with Crippen LogP contribution in [-0.4, -0.2) is 0 Å². The molecule has 0 atom stereocenters. The van der Waals surface area contributed by atoms with Crippen LogP contribution in [0.1, 0.15) is 0 Å². The molecule has 0 fully saturated rings. The van der Waals surface area contributed by atoms with E-state index in [1.54, 1.807) is 0 Å². The summed E-state index contributed by atoms with van der Waals surface area (Å²) in [6, 6.07) is 80.7. The Morgan fingerprint density at radius 2 is 0.741 bits per heavy atom. The van der Waals surface area contributed by atoms with E-state index in [-0.39, 0.29) is 0 Å². The number of para-hydroxylation sites is 2. The molecule has 11 aromatic rings. The Balaban J connectivity index is 1.12. The van der Waals surface area contributed by atoms with Gasteiger partial charge in [-0.1, -0.05) is 182 Å². The molecule has 0 saturated carbocycles. The number of hydrogen-bond donors (Lipinski definition) is 0. The smallest absolute Gasteiger partial charge is 0.143 e. The van der Waals surface area contributed by atoms with Crippen molar-refractivity contribution in [3.05, 3.63) is 224 Å². The predicted octanol–water partition coefficient (Wildman–Crippen LogP) is 16.0. The summed E-state index contributed by atoms with van der Waals surface area (Å²) in [5.74, 6) is 0. The molecule has 58 heavy (non-hydrogen) atoms. The van der Waals surface area contributed by atoms with Gasteiger partial charge < -0.3 is 9.32 Å². The van der Waals surface area contributed by atoms with Gasteiger partial charge in [-0.2, -0.15) is 0 Å². The molecule has 2 nitrogen and oxygen atoms in total. The molecule has 1 heterocycles. The van der Waals surface area contributed by atoms with Crippen LogP contribution in [0.5, 0.6) is 0 Å². The number of rotatable bonds is 7. The first-order valence-electron chi connectivity index (χ1n) is 19.8. The molecule has 0 saturated heterocycles. The van der Waals surface area contributed by atoms with E-state index in [1.807, 2.05) is 12.1 Å². The molecule has 0 bridgehead atoms. The number of furan rings is 1. The quantitative estimate of drug-likeness (QED) is 0.151. The second-order valence-electron chi connectivity index (χ2n) is 14.8. The molecule has 0 aliphatic rings. The maximum atomic E-state index is 6.45. The summed E-state index contributed by atoms with van der Waals surface area (Å²) < 4.78 is 6.45. The molecule has 0 spiro atoms. The molecule has 11 rings (SSSR count). The molecule has 0 aliphatic heterocycles. The van der Waals surface area contributed by atoms with Gasteiger partial charge in [0.25, 0.3) is 0 Å². The number of benzene rings is 10. The van der Waals surface area contributed by atoms with Crippen LogP contribution in [0, 0.1) is 0 Å². The van der Waals surface area contributed by atoms with Crippen molar-refractivity contribution in [2.24, 2.45) is 0 Å². The standard InChI is InChI=1S/C56H37NO/c1-4-15-38(16-5-1)39-27-31-43(32-28-39)57(44-33-29-40(30-34-44)46-24-14-25-51-49-22-12-13-26-53(49)58-56(46)51)45-35-36-48-47-21-10-11-23-50(47)54(41-17-6-2-7-18-41)55(52(48)37-45)42-19-8-3-9-20-42/h1-37H. The maximum absolute atomic E-state index is 6.45. The van der Waals surface area contributed by atoms with E-state index >= 15 is 0 Å². The Hall–Kier alpha value is -7.68. The van der Waals surface area contributed by atoms with Crippen LogP contribution in [0.25, 0.3) is 88.0 Å². The van der Waals surface area contributed by atoms with Gasteiger partial charge in [-0.25, -0.2) is 0 Å².